The number of aromatic nitrogens is 1. The van der Waals surface area contributed by atoms with Crippen LogP contribution in [0.1, 0.15) is 22.3 Å². The Morgan fingerprint density at radius 2 is 1.97 bits per heavy atom. The molecule has 8 nitrogen and oxygen atoms in total. The lowest BCUT2D eigenvalue weighted by Gasteiger charge is -2.28. The second-order valence-electron chi connectivity index (χ2n) is 6.81. The highest BCUT2D eigenvalue weighted by Gasteiger charge is 2.21. The van der Waals surface area contributed by atoms with Gasteiger partial charge in [0, 0.05) is 57.3 Å². The molecule has 0 saturated carbocycles. The Balaban J connectivity index is 1.72. The number of nitro benzene ring substituents is 1. The topological polar surface area (TPSA) is 88.8 Å². The van der Waals surface area contributed by atoms with Crippen LogP contribution in [-0.4, -0.2) is 65.0 Å². The summed E-state index contributed by atoms with van der Waals surface area (Å²) < 4.78 is 5.37. The summed E-state index contributed by atoms with van der Waals surface area (Å²) in [4.78, 5) is 31.6. The maximum atomic E-state index is 13.2. The van der Waals surface area contributed by atoms with Crippen molar-refractivity contribution in [3.8, 4) is 0 Å². The predicted octanol–water partition coefficient (Wildman–Crippen LogP) is 3.01. The monoisotopic (exact) mass is 418 g/mol. The molecule has 154 valence electrons. The zero-order chi connectivity index (χ0) is 20.6. The zero-order valence-corrected chi connectivity index (χ0v) is 16.8. The average molecular weight is 419 g/mol. The first kappa shape index (κ1) is 21.2. The van der Waals surface area contributed by atoms with Gasteiger partial charge < -0.3 is 9.64 Å². The van der Waals surface area contributed by atoms with Gasteiger partial charge in [-0.3, -0.25) is 24.8 Å². The predicted molar refractivity (Wildman–Crippen MR) is 109 cm³/mol. The quantitative estimate of drug-likeness (QED) is 0.483. The summed E-state index contributed by atoms with van der Waals surface area (Å²) in [5.74, 6) is -0.247. The molecular weight excluding hydrogens is 396 g/mol. The molecule has 1 aliphatic rings. The van der Waals surface area contributed by atoms with Crippen molar-refractivity contribution >= 4 is 23.2 Å². The highest BCUT2D eigenvalue weighted by molar-refractivity contribution is 6.34. The van der Waals surface area contributed by atoms with Gasteiger partial charge >= 0.3 is 0 Å². The van der Waals surface area contributed by atoms with E-state index < -0.39 is 4.92 Å². The van der Waals surface area contributed by atoms with Crippen molar-refractivity contribution in [3.63, 3.8) is 0 Å². The molecule has 0 atom stereocenters. The number of rotatable bonds is 8. The van der Waals surface area contributed by atoms with Crippen LogP contribution < -0.4 is 0 Å². The second-order valence-corrected chi connectivity index (χ2v) is 7.22. The number of halogens is 1. The van der Waals surface area contributed by atoms with E-state index >= 15 is 0 Å². The Kier molecular flexibility index (Phi) is 7.51. The van der Waals surface area contributed by atoms with E-state index in [-0.39, 0.29) is 22.2 Å². The van der Waals surface area contributed by atoms with Crippen molar-refractivity contribution in [3.05, 3.63) is 69.0 Å². The third-order valence-corrected chi connectivity index (χ3v) is 5.12. The van der Waals surface area contributed by atoms with Crippen LogP contribution in [0.2, 0.25) is 5.02 Å². The highest BCUT2D eigenvalue weighted by Crippen LogP contribution is 2.24. The molecule has 1 fully saturated rings. The van der Waals surface area contributed by atoms with Crippen LogP contribution in [0.5, 0.6) is 0 Å². The lowest BCUT2D eigenvalue weighted by Crippen LogP contribution is -2.39. The molecular formula is C20H23ClN4O4. The number of hydrogen-bond donors (Lipinski definition) is 0. The van der Waals surface area contributed by atoms with Crippen molar-refractivity contribution in [2.24, 2.45) is 0 Å². The molecule has 1 aromatic heterocycles. The van der Waals surface area contributed by atoms with Crippen molar-refractivity contribution in [2.45, 2.75) is 13.0 Å². The fourth-order valence-electron chi connectivity index (χ4n) is 3.23. The highest BCUT2D eigenvalue weighted by atomic mass is 35.5. The normalized spacial score (nSPS) is 14.5. The number of carbonyl (C=O) groups excluding carboxylic acids is 1. The maximum Gasteiger partial charge on any atom is 0.270 e. The van der Waals surface area contributed by atoms with Gasteiger partial charge in [0.25, 0.3) is 11.6 Å². The zero-order valence-electron chi connectivity index (χ0n) is 16.0. The summed E-state index contributed by atoms with van der Waals surface area (Å²) in [7, 11) is 0. The van der Waals surface area contributed by atoms with Crippen molar-refractivity contribution < 1.29 is 14.5 Å². The first-order valence-corrected chi connectivity index (χ1v) is 9.84. The van der Waals surface area contributed by atoms with Crippen LogP contribution in [0.15, 0.2) is 42.7 Å². The first-order chi connectivity index (χ1) is 14.0. The van der Waals surface area contributed by atoms with E-state index in [1.807, 2.05) is 12.1 Å². The van der Waals surface area contributed by atoms with Gasteiger partial charge in [0.1, 0.15) is 0 Å². The molecule has 0 N–H and O–H groups in total. The van der Waals surface area contributed by atoms with Crippen LogP contribution >= 0.6 is 11.6 Å². The third kappa shape index (κ3) is 5.96. The molecule has 0 radical (unpaired) electrons. The van der Waals surface area contributed by atoms with Gasteiger partial charge in [-0.1, -0.05) is 11.6 Å². The minimum Gasteiger partial charge on any atom is -0.379 e. The number of hydrogen-bond acceptors (Lipinski definition) is 6. The molecule has 0 aliphatic carbocycles. The van der Waals surface area contributed by atoms with Crippen LogP contribution in [0.3, 0.4) is 0 Å². The van der Waals surface area contributed by atoms with Crippen molar-refractivity contribution in [1.29, 1.82) is 0 Å². The Bertz CT molecular complexity index is 844. The van der Waals surface area contributed by atoms with E-state index in [1.165, 1.54) is 18.2 Å². The molecule has 1 amide bonds. The van der Waals surface area contributed by atoms with Gasteiger partial charge in [0.2, 0.25) is 0 Å². The Labute approximate surface area is 174 Å². The SMILES string of the molecule is O=C(c1ccc([N+](=O)[O-])cc1Cl)N(CCCN1CCOCC1)Cc1ccncc1. The molecule has 0 bridgehead atoms. The smallest absolute Gasteiger partial charge is 0.270 e. The summed E-state index contributed by atoms with van der Waals surface area (Å²) in [6.07, 6.45) is 4.18. The van der Waals surface area contributed by atoms with Gasteiger partial charge in [0.15, 0.2) is 0 Å². The van der Waals surface area contributed by atoms with E-state index in [1.54, 1.807) is 17.3 Å². The first-order valence-electron chi connectivity index (χ1n) is 9.47. The standard InChI is InChI=1S/C20H23ClN4O4/c21-19-14-17(25(27)28)2-3-18(19)20(26)24(15-16-4-6-22-7-5-16)9-1-8-23-10-12-29-13-11-23/h2-7,14H,1,8-13,15H2. The Morgan fingerprint density at radius 1 is 1.24 bits per heavy atom. The van der Waals surface area contributed by atoms with Gasteiger partial charge in [-0.25, -0.2) is 0 Å². The number of pyridine rings is 1. The van der Waals surface area contributed by atoms with E-state index in [4.69, 9.17) is 16.3 Å². The molecule has 3 rings (SSSR count). The van der Waals surface area contributed by atoms with Gasteiger partial charge in [-0.2, -0.15) is 0 Å². The van der Waals surface area contributed by atoms with Crippen molar-refractivity contribution in [1.82, 2.24) is 14.8 Å². The Morgan fingerprint density at radius 3 is 2.62 bits per heavy atom. The molecule has 1 aromatic carbocycles. The molecule has 2 aromatic rings. The molecule has 2 heterocycles. The fraction of sp³-hybridized carbons (Fsp3) is 0.400. The lowest BCUT2D eigenvalue weighted by atomic mass is 10.1. The molecule has 9 heteroatoms. The number of benzene rings is 1. The van der Waals surface area contributed by atoms with Crippen LogP contribution in [-0.2, 0) is 11.3 Å². The summed E-state index contributed by atoms with van der Waals surface area (Å²) >= 11 is 6.19. The third-order valence-electron chi connectivity index (χ3n) is 4.81. The number of nitrogens with zero attached hydrogens (tertiary/aromatic N) is 4. The van der Waals surface area contributed by atoms with Crippen LogP contribution in [0, 0.1) is 10.1 Å². The fourth-order valence-corrected chi connectivity index (χ4v) is 3.49. The van der Waals surface area contributed by atoms with E-state index in [0.29, 0.717) is 13.1 Å². The van der Waals surface area contributed by atoms with Gasteiger partial charge in [0.05, 0.1) is 28.7 Å². The van der Waals surface area contributed by atoms with E-state index in [9.17, 15) is 14.9 Å². The molecule has 0 spiro atoms. The number of morpholine rings is 1. The summed E-state index contributed by atoms with van der Waals surface area (Å²) in [6, 6.07) is 7.66. The number of nitro groups is 1. The van der Waals surface area contributed by atoms with Crippen LogP contribution in [0.4, 0.5) is 5.69 Å². The van der Waals surface area contributed by atoms with Gasteiger partial charge in [-0.15, -0.1) is 0 Å². The number of non-ortho nitro benzene ring substituents is 1. The summed E-state index contributed by atoms with van der Waals surface area (Å²) in [5, 5.41) is 11.0. The minimum atomic E-state index is -0.531. The van der Waals surface area contributed by atoms with Gasteiger partial charge in [-0.05, 0) is 30.2 Å². The van der Waals surface area contributed by atoms with E-state index in [2.05, 4.69) is 9.88 Å². The Hall–Kier alpha value is -2.55. The number of amides is 1. The number of carbonyl (C=O) groups is 1. The molecule has 0 unspecified atom stereocenters. The maximum absolute atomic E-state index is 13.2. The van der Waals surface area contributed by atoms with Crippen LogP contribution in [0.25, 0.3) is 0 Å². The molecule has 29 heavy (non-hydrogen) atoms. The lowest BCUT2D eigenvalue weighted by molar-refractivity contribution is -0.384. The summed E-state index contributed by atoms with van der Waals surface area (Å²) in [5.41, 5.74) is 1.08. The molecule has 1 aliphatic heterocycles. The number of ether oxygens (including phenoxy) is 1. The average Bonchev–Trinajstić information content (AvgIpc) is 2.74. The largest absolute Gasteiger partial charge is 0.379 e. The minimum absolute atomic E-state index is 0.0807. The van der Waals surface area contributed by atoms with Crippen molar-refractivity contribution in [2.75, 3.05) is 39.4 Å². The summed E-state index contributed by atoms with van der Waals surface area (Å²) in [6.45, 7) is 5.09. The molecule has 1 saturated heterocycles. The van der Waals surface area contributed by atoms with E-state index in [0.717, 1.165) is 44.8 Å². The second kappa shape index (κ2) is 10.3.